The monoisotopic (exact) mass is 367 g/mol. The maximum atomic E-state index is 12.4. The molecule has 0 aliphatic heterocycles. The molecule has 0 atom stereocenters. The highest BCUT2D eigenvalue weighted by Gasteiger charge is 2.34. The molecule has 0 bridgehead atoms. The van der Waals surface area contributed by atoms with Crippen LogP contribution in [0.25, 0.3) is 17.7 Å². The van der Waals surface area contributed by atoms with Crippen LogP contribution in [0, 0.1) is 0 Å². The van der Waals surface area contributed by atoms with E-state index in [1.807, 2.05) is 34.6 Å². The summed E-state index contributed by atoms with van der Waals surface area (Å²) in [5, 5.41) is 4.65. The van der Waals surface area contributed by atoms with Crippen LogP contribution in [-0.4, -0.2) is 16.7 Å². The molecule has 0 aromatic carbocycles. The van der Waals surface area contributed by atoms with Crippen molar-refractivity contribution in [3.8, 4) is 0 Å². The van der Waals surface area contributed by atoms with Crippen molar-refractivity contribution in [2.24, 2.45) is 0 Å². The molecule has 2 rings (SSSR count). The predicted octanol–water partition coefficient (Wildman–Crippen LogP) is 4.09. The van der Waals surface area contributed by atoms with E-state index in [2.05, 4.69) is 24.9 Å². The van der Waals surface area contributed by atoms with Gasteiger partial charge in [-0.15, -0.1) is 0 Å². The molecule has 0 fully saturated rings. The van der Waals surface area contributed by atoms with Crippen molar-refractivity contribution in [2.45, 2.75) is 41.0 Å². The van der Waals surface area contributed by atoms with E-state index >= 15 is 0 Å². The number of ketones is 2. The molecule has 144 valence electrons. The van der Waals surface area contributed by atoms with Crippen molar-refractivity contribution < 1.29 is 14.1 Å². The molecular formula is C23H29NO3. The smallest absolute Gasteiger partial charge is 0.173 e. The number of hydrogen-bond donors (Lipinski definition) is 0. The minimum Gasteiger partial charge on any atom is -0.356 e. The molecule has 0 spiro atoms. The van der Waals surface area contributed by atoms with Crippen LogP contribution < -0.4 is 10.6 Å². The number of aromatic nitrogens is 1. The van der Waals surface area contributed by atoms with Gasteiger partial charge in [0.1, 0.15) is 5.69 Å². The maximum absolute atomic E-state index is 12.4. The van der Waals surface area contributed by atoms with Gasteiger partial charge in [0.05, 0.1) is 12.0 Å². The van der Waals surface area contributed by atoms with Crippen LogP contribution >= 0.6 is 0 Å². The SMILES string of the molecule is C=C/C=C(\C=C)C1=C(c2noc(=C/C=C)/c2=C\C)C(=O)CC1=O.CC.CC. The molecule has 0 radical (unpaired) electrons. The van der Waals surface area contributed by atoms with Gasteiger partial charge in [0, 0.05) is 10.8 Å². The molecule has 0 saturated heterocycles. The summed E-state index contributed by atoms with van der Waals surface area (Å²) >= 11 is 0. The van der Waals surface area contributed by atoms with Gasteiger partial charge < -0.3 is 4.52 Å². The fourth-order valence-corrected chi connectivity index (χ4v) is 2.53. The number of carbonyl (C=O) groups excluding carboxylic acids is 2. The van der Waals surface area contributed by atoms with Crippen molar-refractivity contribution >= 4 is 29.3 Å². The van der Waals surface area contributed by atoms with Crippen LogP contribution in [0.2, 0.25) is 0 Å². The largest absolute Gasteiger partial charge is 0.356 e. The number of Topliss-reactive ketones (excluding diaryl/α,β-unsaturated/α-hetero) is 2. The lowest BCUT2D eigenvalue weighted by Crippen LogP contribution is -2.23. The first-order valence-corrected chi connectivity index (χ1v) is 9.10. The van der Waals surface area contributed by atoms with Crippen LogP contribution in [0.1, 0.15) is 46.7 Å². The zero-order valence-electron chi connectivity index (χ0n) is 17.0. The van der Waals surface area contributed by atoms with E-state index in [0.717, 1.165) is 0 Å². The molecule has 4 nitrogen and oxygen atoms in total. The summed E-state index contributed by atoms with van der Waals surface area (Å²) < 4.78 is 5.27. The Kier molecular flexibility index (Phi) is 11.0. The minimum atomic E-state index is -0.275. The summed E-state index contributed by atoms with van der Waals surface area (Å²) in [6.45, 7) is 20.8. The van der Waals surface area contributed by atoms with Crippen LogP contribution in [0.3, 0.4) is 0 Å². The highest BCUT2D eigenvalue weighted by Crippen LogP contribution is 2.31. The van der Waals surface area contributed by atoms with Gasteiger partial charge in [-0.05, 0) is 18.6 Å². The predicted molar refractivity (Wildman–Crippen MR) is 113 cm³/mol. The van der Waals surface area contributed by atoms with Gasteiger partial charge >= 0.3 is 0 Å². The lowest BCUT2D eigenvalue weighted by atomic mass is 9.98. The van der Waals surface area contributed by atoms with Gasteiger partial charge in [-0.25, -0.2) is 0 Å². The number of allylic oxidation sites excluding steroid dienone is 7. The van der Waals surface area contributed by atoms with Crippen molar-refractivity contribution in [3.63, 3.8) is 0 Å². The molecule has 0 saturated carbocycles. The molecule has 1 aliphatic rings. The maximum Gasteiger partial charge on any atom is 0.173 e. The Labute approximate surface area is 161 Å². The molecule has 1 heterocycles. The normalized spacial score (nSPS) is 15.1. The highest BCUT2D eigenvalue weighted by molar-refractivity contribution is 6.39. The van der Waals surface area contributed by atoms with Crippen LogP contribution in [0.4, 0.5) is 0 Å². The first-order valence-electron chi connectivity index (χ1n) is 9.10. The second-order valence-electron chi connectivity index (χ2n) is 4.84. The standard InChI is InChI=1S/C19H17NO3.2C2H6/c1-5-9-12(7-3)17-14(21)11-15(22)18(17)19-13(8-4)16(10-6-2)23-20-19;2*1-2/h5-10H,1-3,11H2,4H3;2*1-2H3/b12-9+,13-8+,16-10+;;. The summed E-state index contributed by atoms with van der Waals surface area (Å²) in [6.07, 6.45) is 9.55. The summed E-state index contributed by atoms with van der Waals surface area (Å²) in [5.41, 5.74) is 1.98. The molecule has 0 N–H and O–H groups in total. The second kappa shape index (κ2) is 12.4. The minimum absolute atomic E-state index is 0.177. The number of rotatable bonds is 5. The van der Waals surface area contributed by atoms with Crippen molar-refractivity contribution in [2.75, 3.05) is 0 Å². The van der Waals surface area contributed by atoms with E-state index in [4.69, 9.17) is 4.52 Å². The first kappa shape index (κ1) is 24.0. The summed E-state index contributed by atoms with van der Waals surface area (Å²) in [4.78, 5) is 24.6. The Morgan fingerprint density at radius 3 is 2.15 bits per heavy atom. The average molecular weight is 367 g/mol. The molecule has 1 aromatic rings. The van der Waals surface area contributed by atoms with Gasteiger partial charge in [0.15, 0.2) is 17.0 Å². The zero-order chi connectivity index (χ0) is 21.0. The van der Waals surface area contributed by atoms with Gasteiger partial charge in [0.2, 0.25) is 0 Å². The van der Waals surface area contributed by atoms with E-state index in [9.17, 15) is 9.59 Å². The zero-order valence-corrected chi connectivity index (χ0v) is 17.0. The van der Waals surface area contributed by atoms with Gasteiger partial charge in [-0.2, -0.15) is 0 Å². The Balaban J connectivity index is 0.00000158. The Morgan fingerprint density at radius 1 is 1.04 bits per heavy atom. The summed E-state index contributed by atoms with van der Waals surface area (Å²) in [7, 11) is 0. The van der Waals surface area contributed by atoms with Gasteiger partial charge in [-0.1, -0.05) is 83.0 Å². The molecule has 27 heavy (non-hydrogen) atoms. The Hall–Kier alpha value is -3.01. The quantitative estimate of drug-likeness (QED) is 0.581. The van der Waals surface area contributed by atoms with Gasteiger partial charge in [0.25, 0.3) is 0 Å². The molecule has 1 aliphatic carbocycles. The first-order chi connectivity index (χ1) is 13.1. The van der Waals surface area contributed by atoms with Crippen LogP contribution in [-0.2, 0) is 9.59 Å². The highest BCUT2D eigenvalue weighted by atomic mass is 16.5. The Morgan fingerprint density at radius 2 is 1.67 bits per heavy atom. The number of hydrogen-bond acceptors (Lipinski definition) is 4. The third-order valence-electron chi connectivity index (χ3n) is 3.49. The van der Waals surface area contributed by atoms with E-state index in [1.54, 1.807) is 30.4 Å². The number of nitrogens with zero attached hydrogens (tertiary/aromatic N) is 1. The van der Waals surface area contributed by atoms with Crippen LogP contribution in [0.5, 0.6) is 0 Å². The fourth-order valence-electron chi connectivity index (χ4n) is 2.53. The van der Waals surface area contributed by atoms with E-state index < -0.39 is 0 Å². The molecular weight excluding hydrogens is 338 g/mol. The van der Waals surface area contributed by atoms with E-state index in [1.165, 1.54) is 6.08 Å². The topological polar surface area (TPSA) is 60.2 Å². The number of carbonyl (C=O) groups is 2. The van der Waals surface area contributed by atoms with Crippen molar-refractivity contribution in [1.29, 1.82) is 0 Å². The molecule has 1 aromatic heterocycles. The van der Waals surface area contributed by atoms with Crippen molar-refractivity contribution in [3.05, 3.63) is 71.5 Å². The van der Waals surface area contributed by atoms with Crippen LogP contribution in [0.15, 0.2) is 59.7 Å². The third-order valence-corrected chi connectivity index (χ3v) is 3.49. The average Bonchev–Trinajstić information content (AvgIpc) is 3.22. The van der Waals surface area contributed by atoms with Gasteiger partial charge in [-0.3, -0.25) is 9.59 Å². The van der Waals surface area contributed by atoms with E-state index in [0.29, 0.717) is 27.5 Å². The summed E-state index contributed by atoms with van der Waals surface area (Å²) in [6, 6.07) is 0. The lowest BCUT2D eigenvalue weighted by Gasteiger charge is -2.03. The molecule has 4 heteroatoms. The second-order valence-corrected chi connectivity index (χ2v) is 4.84. The molecule has 0 unspecified atom stereocenters. The lowest BCUT2D eigenvalue weighted by molar-refractivity contribution is -0.120. The molecule has 0 amide bonds. The third kappa shape index (κ3) is 5.23. The fraction of sp³-hybridized carbons (Fsp3) is 0.261. The van der Waals surface area contributed by atoms with E-state index in [-0.39, 0.29) is 23.6 Å². The summed E-state index contributed by atoms with van der Waals surface area (Å²) in [5.74, 6) is -0.527. The van der Waals surface area contributed by atoms with Crippen molar-refractivity contribution in [1.82, 2.24) is 5.16 Å². The Bertz CT molecular complexity index is 893.